The monoisotopic (exact) mass is 263 g/mol. The zero-order chi connectivity index (χ0) is 13.0. The lowest BCUT2D eigenvalue weighted by Crippen LogP contribution is -2.31. The van der Waals surface area contributed by atoms with E-state index in [9.17, 15) is 9.59 Å². The van der Waals surface area contributed by atoms with Crippen molar-refractivity contribution in [1.29, 1.82) is 0 Å². The van der Waals surface area contributed by atoms with E-state index in [2.05, 4.69) is 6.92 Å². The number of hydrogen-bond acceptors (Lipinski definition) is 3. The summed E-state index contributed by atoms with van der Waals surface area (Å²) in [6.07, 6.45) is 2.54. The van der Waals surface area contributed by atoms with Crippen LogP contribution in [-0.2, 0) is 9.59 Å². The van der Waals surface area contributed by atoms with Gasteiger partial charge >= 0.3 is 0 Å². The molecule has 1 aliphatic heterocycles. The minimum atomic E-state index is -0.191. The average Bonchev–Trinajstić information content (AvgIpc) is 2.66. The van der Waals surface area contributed by atoms with Crippen molar-refractivity contribution in [2.24, 2.45) is 0 Å². The van der Waals surface area contributed by atoms with Gasteiger partial charge in [-0.15, -0.1) is 11.8 Å². The predicted molar refractivity (Wildman–Crippen MR) is 74.7 cm³/mol. The molecule has 1 heterocycles. The van der Waals surface area contributed by atoms with Crippen LogP contribution in [0.2, 0.25) is 0 Å². The fourth-order valence-electron chi connectivity index (χ4n) is 1.95. The number of benzene rings is 1. The quantitative estimate of drug-likeness (QED) is 0.605. The molecule has 0 aromatic heterocycles. The molecule has 2 amide bonds. The van der Waals surface area contributed by atoms with Crippen molar-refractivity contribution in [3.05, 3.63) is 30.3 Å². The summed E-state index contributed by atoms with van der Waals surface area (Å²) in [5, 5.41) is -0.191. The molecule has 1 aromatic carbocycles. The molecule has 0 saturated carbocycles. The highest BCUT2D eigenvalue weighted by Crippen LogP contribution is 2.29. The highest BCUT2D eigenvalue weighted by Gasteiger charge is 2.39. The lowest BCUT2D eigenvalue weighted by atomic mass is 10.3. The molecule has 0 N–H and O–H groups in total. The summed E-state index contributed by atoms with van der Waals surface area (Å²) in [5.41, 5.74) is 0.686. The number of amides is 2. The van der Waals surface area contributed by atoms with Gasteiger partial charge < -0.3 is 0 Å². The van der Waals surface area contributed by atoms with Gasteiger partial charge in [0.1, 0.15) is 0 Å². The molecule has 3 nitrogen and oxygen atoms in total. The Kier molecular flexibility index (Phi) is 4.42. The van der Waals surface area contributed by atoms with Gasteiger partial charge in [-0.3, -0.25) is 9.59 Å². The summed E-state index contributed by atoms with van der Waals surface area (Å²) in [5.74, 6) is 0.801. The van der Waals surface area contributed by atoms with Gasteiger partial charge in [-0.1, -0.05) is 31.5 Å². The summed E-state index contributed by atoms with van der Waals surface area (Å²) in [6, 6.07) is 9.16. The molecular formula is C14H17NO2S. The van der Waals surface area contributed by atoms with Crippen molar-refractivity contribution in [2.75, 3.05) is 10.7 Å². The Balaban J connectivity index is 2.06. The van der Waals surface area contributed by atoms with Crippen LogP contribution in [0.15, 0.2) is 30.3 Å². The molecule has 0 radical (unpaired) electrons. The van der Waals surface area contributed by atoms with Gasteiger partial charge in [-0.05, 0) is 24.3 Å². The van der Waals surface area contributed by atoms with E-state index in [4.69, 9.17) is 0 Å². The molecule has 1 fully saturated rings. The molecule has 1 atom stereocenters. The van der Waals surface area contributed by atoms with Gasteiger partial charge in [-0.2, -0.15) is 0 Å². The first kappa shape index (κ1) is 13.1. The smallest absolute Gasteiger partial charge is 0.247 e. The van der Waals surface area contributed by atoms with Crippen LogP contribution in [-0.4, -0.2) is 22.8 Å². The van der Waals surface area contributed by atoms with Crippen molar-refractivity contribution in [3.63, 3.8) is 0 Å². The van der Waals surface area contributed by atoms with Crippen LogP contribution in [0, 0.1) is 0 Å². The molecule has 0 unspecified atom stereocenters. The minimum Gasteiger partial charge on any atom is -0.274 e. The lowest BCUT2D eigenvalue weighted by Gasteiger charge is -2.14. The van der Waals surface area contributed by atoms with Crippen molar-refractivity contribution in [3.8, 4) is 0 Å². The van der Waals surface area contributed by atoms with E-state index in [0.29, 0.717) is 12.1 Å². The Bertz CT molecular complexity index is 433. The molecule has 0 aliphatic carbocycles. The number of para-hydroxylation sites is 1. The summed E-state index contributed by atoms with van der Waals surface area (Å²) in [6.45, 7) is 2.12. The van der Waals surface area contributed by atoms with Crippen LogP contribution in [0.1, 0.15) is 26.2 Å². The molecule has 96 valence electrons. The summed E-state index contributed by atoms with van der Waals surface area (Å²) in [7, 11) is 0. The second-order valence-corrected chi connectivity index (χ2v) is 5.63. The van der Waals surface area contributed by atoms with Crippen molar-refractivity contribution in [1.82, 2.24) is 0 Å². The molecule has 1 aromatic rings. The van der Waals surface area contributed by atoms with E-state index in [1.165, 1.54) is 4.90 Å². The van der Waals surface area contributed by atoms with Gasteiger partial charge in [0.05, 0.1) is 10.9 Å². The van der Waals surface area contributed by atoms with E-state index in [1.807, 2.05) is 18.2 Å². The molecule has 4 heteroatoms. The Morgan fingerprint density at radius 3 is 2.67 bits per heavy atom. The summed E-state index contributed by atoms with van der Waals surface area (Å²) < 4.78 is 0. The van der Waals surface area contributed by atoms with Crippen molar-refractivity contribution in [2.45, 2.75) is 31.4 Å². The standard InChI is InChI=1S/C14H17NO2S/c1-2-3-9-18-12-10-13(16)15(14(12)17)11-7-5-4-6-8-11/h4-8,12H,2-3,9-10H2,1H3/t12-/m1/s1. The van der Waals surface area contributed by atoms with Gasteiger partial charge in [0.2, 0.25) is 11.8 Å². The Hall–Kier alpha value is -1.29. The predicted octanol–water partition coefficient (Wildman–Crippen LogP) is 2.85. The Morgan fingerprint density at radius 2 is 2.00 bits per heavy atom. The molecule has 0 spiro atoms. The average molecular weight is 263 g/mol. The van der Waals surface area contributed by atoms with Gasteiger partial charge in [-0.25, -0.2) is 4.90 Å². The minimum absolute atomic E-state index is 0.0627. The summed E-state index contributed by atoms with van der Waals surface area (Å²) in [4.78, 5) is 25.4. The number of imide groups is 1. The third-order valence-electron chi connectivity index (χ3n) is 2.94. The van der Waals surface area contributed by atoms with Crippen LogP contribution in [0.3, 0.4) is 0 Å². The van der Waals surface area contributed by atoms with Crippen molar-refractivity contribution >= 4 is 29.3 Å². The molecule has 0 bridgehead atoms. The summed E-state index contributed by atoms with van der Waals surface area (Å²) >= 11 is 1.61. The van der Waals surface area contributed by atoms with Crippen LogP contribution in [0.25, 0.3) is 0 Å². The lowest BCUT2D eigenvalue weighted by molar-refractivity contribution is -0.121. The molecule has 1 saturated heterocycles. The fourth-order valence-corrected chi connectivity index (χ4v) is 3.20. The molecule has 18 heavy (non-hydrogen) atoms. The normalized spacial score (nSPS) is 19.6. The first-order valence-corrected chi connectivity index (χ1v) is 7.32. The van der Waals surface area contributed by atoms with E-state index >= 15 is 0 Å². The number of hydrogen-bond donors (Lipinski definition) is 0. The number of unbranched alkanes of at least 4 members (excludes halogenated alkanes) is 1. The van der Waals surface area contributed by atoms with E-state index in [-0.39, 0.29) is 17.1 Å². The van der Waals surface area contributed by atoms with E-state index in [0.717, 1.165) is 18.6 Å². The highest BCUT2D eigenvalue weighted by molar-refractivity contribution is 8.00. The van der Waals surface area contributed by atoms with Gasteiger partial charge in [0, 0.05) is 6.42 Å². The van der Waals surface area contributed by atoms with Crippen LogP contribution >= 0.6 is 11.8 Å². The maximum absolute atomic E-state index is 12.2. The first-order chi connectivity index (χ1) is 8.74. The maximum atomic E-state index is 12.2. The zero-order valence-corrected chi connectivity index (χ0v) is 11.3. The second kappa shape index (κ2) is 6.05. The van der Waals surface area contributed by atoms with Gasteiger partial charge in [0.15, 0.2) is 0 Å². The highest BCUT2D eigenvalue weighted by atomic mass is 32.2. The van der Waals surface area contributed by atoms with Gasteiger partial charge in [0.25, 0.3) is 0 Å². The third kappa shape index (κ3) is 2.75. The number of thioether (sulfide) groups is 1. The fraction of sp³-hybridized carbons (Fsp3) is 0.429. The largest absolute Gasteiger partial charge is 0.274 e. The first-order valence-electron chi connectivity index (χ1n) is 6.27. The SMILES string of the molecule is CCCCS[C@@H]1CC(=O)N(c2ccccc2)C1=O. The topological polar surface area (TPSA) is 37.4 Å². The number of carbonyl (C=O) groups is 2. The number of anilines is 1. The van der Waals surface area contributed by atoms with E-state index < -0.39 is 0 Å². The molecular weight excluding hydrogens is 246 g/mol. The Labute approximate surface area is 112 Å². The molecule has 2 rings (SSSR count). The van der Waals surface area contributed by atoms with E-state index in [1.54, 1.807) is 23.9 Å². The van der Waals surface area contributed by atoms with Crippen LogP contribution < -0.4 is 4.90 Å². The van der Waals surface area contributed by atoms with Crippen LogP contribution in [0.5, 0.6) is 0 Å². The number of nitrogens with zero attached hydrogens (tertiary/aromatic N) is 1. The maximum Gasteiger partial charge on any atom is 0.247 e. The second-order valence-electron chi connectivity index (χ2n) is 4.32. The van der Waals surface area contributed by atoms with Crippen LogP contribution in [0.4, 0.5) is 5.69 Å². The van der Waals surface area contributed by atoms with Crippen molar-refractivity contribution < 1.29 is 9.59 Å². The zero-order valence-electron chi connectivity index (χ0n) is 10.5. The number of carbonyl (C=O) groups excluding carboxylic acids is 2. The Morgan fingerprint density at radius 1 is 1.28 bits per heavy atom. The third-order valence-corrected chi connectivity index (χ3v) is 4.23. The molecule has 1 aliphatic rings. The number of rotatable bonds is 5.